The lowest BCUT2D eigenvalue weighted by Crippen LogP contribution is -2.21. The lowest BCUT2D eigenvalue weighted by Gasteiger charge is -2.15. The number of anilines is 3. The Morgan fingerprint density at radius 3 is 2.58 bits per heavy atom. The molecular formula is C20H17ClF4N4O2. The molecule has 0 bridgehead atoms. The Hall–Kier alpha value is -3.11. The average molecular weight is 457 g/mol. The molecule has 1 atom stereocenters. The fourth-order valence-corrected chi connectivity index (χ4v) is 2.74. The van der Waals surface area contributed by atoms with Crippen LogP contribution in [-0.2, 0) is 0 Å². The molecule has 6 nitrogen and oxygen atoms in total. The standard InChI is InChI=1S/C20H17ClF4N4O2/c1-11(10-30)26-19-28-17(12-3-2-4-14(7-12)31-20(23,24)25)9-18(29-19)27-13-5-6-16(22)15(21)8-13/h2-9,11,30H,10H2,1H3,(H2,26,27,28,29)/t11-/m0/s1. The first-order valence-electron chi connectivity index (χ1n) is 8.97. The predicted octanol–water partition coefficient (Wildman–Crippen LogP) is 5.37. The Kier molecular flexibility index (Phi) is 6.81. The Bertz CT molecular complexity index is 1070. The Labute approximate surface area is 179 Å². The third-order valence-corrected chi connectivity index (χ3v) is 4.22. The van der Waals surface area contributed by atoms with Gasteiger partial charge >= 0.3 is 6.36 Å². The van der Waals surface area contributed by atoms with Crippen LogP contribution in [0.5, 0.6) is 5.75 Å². The number of aliphatic hydroxyl groups is 1. The minimum Gasteiger partial charge on any atom is -0.406 e. The highest BCUT2D eigenvalue weighted by Crippen LogP contribution is 2.30. The van der Waals surface area contributed by atoms with Gasteiger partial charge in [0.1, 0.15) is 17.4 Å². The highest BCUT2D eigenvalue weighted by atomic mass is 35.5. The zero-order chi connectivity index (χ0) is 22.6. The zero-order valence-corrected chi connectivity index (χ0v) is 16.8. The van der Waals surface area contributed by atoms with Crippen molar-refractivity contribution in [2.24, 2.45) is 0 Å². The van der Waals surface area contributed by atoms with Crippen LogP contribution in [0.2, 0.25) is 5.02 Å². The molecular weight excluding hydrogens is 440 g/mol. The number of aromatic nitrogens is 2. The average Bonchev–Trinajstić information content (AvgIpc) is 2.69. The third-order valence-electron chi connectivity index (χ3n) is 3.93. The third kappa shape index (κ3) is 6.43. The summed E-state index contributed by atoms with van der Waals surface area (Å²) in [7, 11) is 0. The van der Waals surface area contributed by atoms with E-state index in [0.29, 0.717) is 11.3 Å². The van der Waals surface area contributed by atoms with E-state index in [1.165, 1.54) is 42.5 Å². The summed E-state index contributed by atoms with van der Waals surface area (Å²) in [6.07, 6.45) is -4.83. The molecule has 0 spiro atoms. The number of benzene rings is 2. The first-order valence-corrected chi connectivity index (χ1v) is 9.35. The molecule has 3 rings (SSSR count). The van der Waals surface area contributed by atoms with E-state index < -0.39 is 17.9 Å². The smallest absolute Gasteiger partial charge is 0.406 e. The predicted molar refractivity (Wildman–Crippen MR) is 109 cm³/mol. The van der Waals surface area contributed by atoms with Crippen LogP contribution < -0.4 is 15.4 Å². The first kappa shape index (κ1) is 22.6. The molecule has 164 valence electrons. The van der Waals surface area contributed by atoms with Crippen molar-refractivity contribution in [2.75, 3.05) is 17.2 Å². The van der Waals surface area contributed by atoms with Gasteiger partial charge in [-0.15, -0.1) is 13.2 Å². The van der Waals surface area contributed by atoms with E-state index in [1.807, 2.05) is 0 Å². The van der Waals surface area contributed by atoms with E-state index in [4.69, 9.17) is 11.6 Å². The number of nitrogens with one attached hydrogen (secondary N) is 2. The van der Waals surface area contributed by atoms with Gasteiger partial charge in [0.25, 0.3) is 0 Å². The van der Waals surface area contributed by atoms with Crippen LogP contribution in [0.3, 0.4) is 0 Å². The first-order chi connectivity index (χ1) is 14.6. The monoisotopic (exact) mass is 456 g/mol. The number of rotatable bonds is 7. The SMILES string of the molecule is C[C@@H](CO)Nc1nc(Nc2ccc(F)c(Cl)c2)cc(-c2cccc(OC(F)(F)F)c2)n1. The highest BCUT2D eigenvalue weighted by molar-refractivity contribution is 6.31. The molecule has 0 aliphatic rings. The Morgan fingerprint density at radius 1 is 1.13 bits per heavy atom. The van der Waals surface area contributed by atoms with Crippen molar-refractivity contribution in [3.8, 4) is 17.0 Å². The minimum atomic E-state index is -4.83. The summed E-state index contributed by atoms with van der Waals surface area (Å²) >= 11 is 5.80. The summed E-state index contributed by atoms with van der Waals surface area (Å²) in [4.78, 5) is 8.59. The van der Waals surface area contributed by atoms with Gasteiger partial charge in [0.2, 0.25) is 5.95 Å². The van der Waals surface area contributed by atoms with Gasteiger partial charge in [0.05, 0.1) is 17.3 Å². The largest absolute Gasteiger partial charge is 0.573 e. The van der Waals surface area contributed by atoms with Gasteiger partial charge in [-0.25, -0.2) is 9.37 Å². The Morgan fingerprint density at radius 2 is 1.90 bits per heavy atom. The van der Waals surface area contributed by atoms with E-state index >= 15 is 0 Å². The van der Waals surface area contributed by atoms with Gasteiger partial charge < -0.3 is 20.5 Å². The van der Waals surface area contributed by atoms with E-state index in [0.717, 1.165) is 0 Å². The maximum atomic E-state index is 13.4. The maximum absolute atomic E-state index is 13.4. The number of halogens is 5. The van der Waals surface area contributed by atoms with Crippen LogP contribution in [0.4, 0.5) is 35.0 Å². The topological polar surface area (TPSA) is 79.3 Å². The van der Waals surface area contributed by atoms with Gasteiger partial charge in [0, 0.05) is 23.4 Å². The molecule has 0 aliphatic heterocycles. The summed E-state index contributed by atoms with van der Waals surface area (Å²) in [5.74, 6) is -0.600. The van der Waals surface area contributed by atoms with Gasteiger partial charge in [-0.2, -0.15) is 4.98 Å². The number of hydrogen-bond acceptors (Lipinski definition) is 6. The van der Waals surface area contributed by atoms with Crippen molar-refractivity contribution in [1.82, 2.24) is 9.97 Å². The Balaban J connectivity index is 1.99. The lowest BCUT2D eigenvalue weighted by molar-refractivity contribution is -0.274. The second-order valence-corrected chi connectivity index (χ2v) is 6.93. The van der Waals surface area contributed by atoms with E-state index in [2.05, 4.69) is 25.3 Å². The molecule has 1 aromatic heterocycles. The van der Waals surface area contributed by atoms with Gasteiger partial charge in [-0.05, 0) is 37.3 Å². The molecule has 0 unspecified atom stereocenters. The molecule has 1 heterocycles. The molecule has 0 radical (unpaired) electrons. The number of aliphatic hydroxyl groups excluding tert-OH is 1. The van der Waals surface area contributed by atoms with Gasteiger partial charge in [0.15, 0.2) is 0 Å². The summed E-state index contributed by atoms with van der Waals surface area (Å²) < 4.78 is 55.1. The van der Waals surface area contributed by atoms with Crippen molar-refractivity contribution in [1.29, 1.82) is 0 Å². The molecule has 0 saturated carbocycles. The van der Waals surface area contributed by atoms with Crippen LogP contribution >= 0.6 is 11.6 Å². The molecule has 0 aliphatic carbocycles. The lowest BCUT2D eigenvalue weighted by atomic mass is 10.1. The highest BCUT2D eigenvalue weighted by Gasteiger charge is 2.31. The van der Waals surface area contributed by atoms with Crippen LogP contribution in [0.25, 0.3) is 11.3 Å². The summed E-state index contributed by atoms with van der Waals surface area (Å²) in [5, 5.41) is 15.0. The second kappa shape index (κ2) is 9.36. The van der Waals surface area contributed by atoms with Crippen LogP contribution in [0.15, 0.2) is 48.5 Å². The number of ether oxygens (including phenoxy) is 1. The van der Waals surface area contributed by atoms with E-state index in [1.54, 1.807) is 13.0 Å². The summed E-state index contributed by atoms with van der Waals surface area (Å²) in [6, 6.07) is 10.4. The van der Waals surface area contributed by atoms with Crippen molar-refractivity contribution >= 4 is 29.1 Å². The molecule has 3 aromatic rings. The molecule has 31 heavy (non-hydrogen) atoms. The number of nitrogens with zero attached hydrogens (tertiary/aromatic N) is 2. The molecule has 3 N–H and O–H groups in total. The fourth-order valence-electron chi connectivity index (χ4n) is 2.56. The zero-order valence-electron chi connectivity index (χ0n) is 16.0. The van der Waals surface area contributed by atoms with Crippen molar-refractivity contribution in [3.63, 3.8) is 0 Å². The molecule has 0 fully saturated rings. The van der Waals surface area contributed by atoms with E-state index in [9.17, 15) is 22.7 Å². The van der Waals surface area contributed by atoms with Crippen LogP contribution in [-0.4, -0.2) is 34.1 Å². The molecule has 0 saturated heterocycles. The van der Waals surface area contributed by atoms with Crippen molar-refractivity contribution < 1.29 is 27.4 Å². The van der Waals surface area contributed by atoms with Gasteiger partial charge in [-0.1, -0.05) is 23.7 Å². The van der Waals surface area contributed by atoms with Crippen LogP contribution in [0.1, 0.15) is 6.92 Å². The molecule has 0 amide bonds. The van der Waals surface area contributed by atoms with E-state index in [-0.39, 0.29) is 35.1 Å². The summed E-state index contributed by atoms with van der Waals surface area (Å²) in [5.41, 5.74) is 1.06. The van der Waals surface area contributed by atoms with Gasteiger partial charge in [-0.3, -0.25) is 0 Å². The quantitative estimate of drug-likeness (QED) is 0.415. The number of alkyl halides is 3. The van der Waals surface area contributed by atoms with Crippen molar-refractivity contribution in [2.45, 2.75) is 19.3 Å². The maximum Gasteiger partial charge on any atom is 0.573 e. The molecule has 2 aromatic carbocycles. The minimum absolute atomic E-state index is 0.0940. The second-order valence-electron chi connectivity index (χ2n) is 6.52. The fraction of sp³-hybridized carbons (Fsp3) is 0.200. The number of hydrogen-bond donors (Lipinski definition) is 3. The normalized spacial score (nSPS) is 12.4. The summed E-state index contributed by atoms with van der Waals surface area (Å²) in [6.45, 7) is 1.50. The van der Waals surface area contributed by atoms with Crippen LogP contribution in [0, 0.1) is 5.82 Å². The molecule has 11 heteroatoms. The van der Waals surface area contributed by atoms with Crippen molar-refractivity contribution in [3.05, 3.63) is 59.4 Å².